The number of rotatable bonds is 4. The molecular formula is C22H22N4O2. The minimum absolute atomic E-state index is 0.0365. The Bertz CT molecular complexity index is 962. The molecule has 0 bridgehead atoms. The molecule has 3 aromatic rings. The summed E-state index contributed by atoms with van der Waals surface area (Å²) in [5.41, 5.74) is 2.37. The monoisotopic (exact) mass is 374 g/mol. The third kappa shape index (κ3) is 4.01. The first kappa shape index (κ1) is 18.1. The van der Waals surface area contributed by atoms with Gasteiger partial charge >= 0.3 is 0 Å². The van der Waals surface area contributed by atoms with Gasteiger partial charge in [0.1, 0.15) is 11.4 Å². The summed E-state index contributed by atoms with van der Waals surface area (Å²) >= 11 is 0. The smallest absolute Gasteiger partial charge is 0.272 e. The van der Waals surface area contributed by atoms with Gasteiger partial charge in [0.2, 0.25) is 5.88 Å². The Morgan fingerprint density at radius 2 is 2.00 bits per heavy atom. The van der Waals surface area contributed by atoms with Crippen LogP contribution in [-0.2, 0) is 0 Å². The molecule has 1 amide bonds. The summed E-state index contributed by atoms with van der Waals surface area (Å²) in [6.45, 7) is 3.34. The van der Waals surface area contributed by atoms with Gasteiger partial charge in [0.15, 0.2) is 0 Å². The largest absolute Gasteiger partial charge is 0.437 e. The molecule has 1 saturated heterocycles. The zero-order valence-corrected chi connectivity index (χ0v) is 15.8. The van der Waals surface area contributed by atoms with Crippen molar-refractivity contribution >= 4 is 5.91 Å². The Hall–Kier alpha value is -3.28. The highest BCUT2D eigenvalue weighted by Gasteiger charge is 2.27. The van der Waals surface area contributed by atoms with E-state index in [1.165, 1.54) is 0 Å². The molecule has 0 spiro atoms. The number of benzene rings is 1. The highest BCUT2D eigenvalue weighted by molar-refractivity contribution is 5.92. The lowest BCUT2D eigenvalue weighted by Crippen LogP contribution is -2.39. The molecule has 1 fully saturated rings. The normalized spacial score (nSPS) is 16.6. The minimum Gasteiger partial charge on any atom is -0.437 e. The topological polar surface area (TPSA) is 68.2 Å². The minimum atomic E-state index is -0.0365. The Morgan fingerprint density at radius 1 is 1.14 bits per heavy atom. The molecule has 1 aliphatic heterocycles. The maximum atomic E-state index is 12.7. The average molecular weight is 374 g/mol. The number of ether oxygens (including phenoxy) is 1. The fourth-order valence-electron chi connectivity index (χ4n) is 3.45. The van der Waals surface area contributed by atoms with E-state index in [9.17, 15) is 4.79 Å². The van der Waals surface area contributed by atoms with Crippen LogP contribution in [0.1, 0.15) is 40.5 Å². The first-order chi connectivity index (χ1) is 13.7. The van der Waals surface area contributed by atoms with Gasteiger partial charge in [-0.3, -0.25) is 14.8 Å². The summed E-state index contributed by atoms with van der Waals surface area (Å²) in [6, 6.07) is 13.2. The van der Waals surface area contributed by atoms with Crippen molar-refractivity contribution in [2.24, 2.45) is 0 Å². The lowest BCUT2D eigenvalue weighted by Gasteiger charge is -2.32. The molecule has 142 valence electrons. The zero-order valence-electron chi connectivity index (χ0n) is 15.8. The van der Waals surface area contributed by atoms with Crippen molar-refractivity contribution in [1.29, 1.82) is 0 Å². The first-order valence-corrected chi connectivity index (χ1v) is 9.46. The van der Waals surface area contributed by atoms with Crippen molar-refractivity contribution in [3.63, 3.8) is 0 Å². The van der Waals surface area contributed by atoms with Crippen molar-refractivity contribution in [1.82, 2.24) is 19.9 Å². The van der Waals surface area contributed by atoms with Crippen LogP contribution < -0.4 is 4.74 Å². The highest BCUT2D eigenvalue weighted by atomic mass is 16.5. The highest BCUT2D eigenvalue weighted by Crippen LogP contribution is 2.28. The molecule has 0 saturated carbocycles. The second-order valence-electron chi connectivity index (χ2n) is 6.96. The zero-order chi connectivity index (χ0) is 19.3. The molecule has 1 aromatic carbocycles. The maximum absolute atomic E-state index is 12.7. The molecule has 2 aromatic heterocycles. The molecule has 0 N–H and O–H groups in total. The number of aromatic nitrogens is 3. The van der Waals surface area contributed by atoms with Crippen LogP contribution in [0.5, 0.6) is 11.6 Å². The van der Waals surface area contributed by atoms with Crippen molar-refractivity contribution in [2.45, 2.75) is 25.7 Å². The number of hydrogen-bond donors (Lipinski definition) is 0. The number of piperidine rings is 1. The van der Waals surface area contributed by atoms with Gasteiger partial charge in [-0.15, -0.1) is 0 Å². The third-order valence-corrected chi connectivity index (χ3v) is 4.95. The standard InChI is InChI=1S/C22H22N4O2/c1-16-7-2-3-10-20(16)28-21-14-23-13-19(25-21)17-8-6-12-26(15-17)22(27)18-9-4-5-11-24-18/h2-5,7,9-11,13-14,17H,6,8,12,15H2,1H3/t17-/m1/s1. The van der Waals surface area contributed by atoms with Crippen LogP contribution in [0.2, 0.25) is 0 Å². The molecule has 3 heterocycles. The average Bonchev–Trinajstić information content (AvgIpc) is 2.76. The van der Waals surface area contributed by atoms with Gasteiger partial charge in [0.25, 0.3) is 5.91 Å². The fraction of sp³-hybridized carbons (Fsp3) is 0.273. The Labute approximate surface area is 164 Å². The van der Waals surface area contributed by atoms with Gasteiger partial charge in [-0.25, -0.2) is 4.98 Å². The third-order valence-electron chi connectivity index (χ3n) is 4.95. The van der Waals surface area contributed by atoms with Crippen molar-refractivity contribution in [3.8, 4) is 11.6 Å². The lowest BCUT2D eigenvalue weighted by molar-refractivity contribution is 0.0699. The molecule has 6 nitrogen and oxygen atoms in total. The SMILES string of the molecule is Cc1ccccc1Oc1cncc([C@@H]2CCCN(C(=O)c3ccccn3)C2)n1. The molecule has 4 rings (SSSR count). The summed E-state index contributed by atoms with van der Waals surface area (Å²) in [7, 11) is 0. The lowest BCUT2D eigenvalue weighted by atomic mass is 9.95. The number of para-hydroxylation sites is 1. The quantitative estimate of drug-likeness (QED) is 0.691. The van der Waals surface area contributed by atoms with Crippen molar-refractivity contribution < 1.29 is 9.53 Å². The van der Waals surface area contributed by atoms with Gasteiger partial charge in [-0.05, 0) is 43.5 Å². The van der Waals surface area contributed by atoms with Crippen LogP contribution >= 0.6 is 0 Å². The second-order valence-corrected chi connectivity index (χ2v) is 6.96. The molecule has 0 radical (unpaired) electrons. The molecule has 28 heavy (non-hydrogen) atoms. The Balaban J connectivity index is 1.49. The number of pyridine rings is 1. The molecule has 6 heteroatoms. The fourth-order valence-corrected chi connectivity index (χ4v) is 3.45. The molecule has 0 unspecified atom stereocenters. The van der Waals surface area contributed by atoms with E-state index in [-0.39, 0.29) is 11.8 Å². The van der Waals surface area contributed by atoms with Crippen LogP contribution in [0.15, 0.2) is 61.1 Å². The van der Waals surface area contributed by atoms with E-state index in [4.69, 9.17) is 4.74 Å². The van der Waals surface area contributed by atoms with E-state index in [2.05, 4.69) is 15.0 Å². The number of likely N-dealkylation sites (tertiary alicyclic amines) is 1. The second kappa shape index (κ2) is 8.17. The van der Waals surface area contributed by atoms with Gasteiger partial charge in [-0.1, -0.05) is 24.3 Å². The number of nitrogens with zero attached hydrogens (tertiary/aromatic N) is 4. The van der Waals surface area contributed by atoms with E-state index in [1.807, 2.05) is 48.2 Å². The van der Waals surface area contributed by atoms with E-state index < -0.39 is 0 Å². The number of carbonyl (C=O) groups is 1. The summed E-state index contributed by atoms with van der Waals surface area (Å²) in [4.78, 5) is 27.7. The molecule has 1 aliphatic rings. The number of amides is 1. The van der Waals surface area contributed by atoms with Crippen molar-refractivity contribution in [3.05, 3.63) is 78.0 Å². The van der Waals surface area contributed by atoms with Gasteiger partial charge in [-0.2, -0.15) is 0 Å². The van der Waals surface area contributed by atoms with Crippen LogP contribution in [0.3, 0.4) is 0 Å². The van der Waals surface area contributed by atoms with E-state index in [1.54, 1.807) is 24.7 Å². The first-order valence-electron chi connectivity index (χ1n) is 9.46. The van der Waals surface area contributed by atoms with Gasteiger partial charge in [0, 0.05) is 31.4 Å². The predicted octanol–water partition coefficient (Wildman–Crippen LogP) is 3.99. The number of hydrogen-bond acceptors (Lipinski definition) is 5. The maximum Gasteiger partial charge on any atom is 0.272 e. The van der Waals surface area contributed by atoms with E-state index in [0.717, 1.165) is 36.4 Å². The summed E-state index contributed by atoms with van der Waals surface area (Å²) in [5, 5.41) is 0. The molecule has 0 aliphatic carbocycles. The van der Waals surface area contributed by atoms with Gasteiger partial charge in [0.05, 0.1) is 11.9 Å². The van der Waals surface area contributed by atoms with Crippen LogP contribution in [0.4, 0.5) is 0 Å². The van der Waals surface area contributed by atoms with E-state index in [0.29, 0.717) is 18.1 Å². The summed E-state index contributed by atoms with van der Waals surface area (Å²) < 4.78 is 5.92. The molecule has 1 atom stereocenters. The predicted molar refractivity (Wildman–Crippen MR) is 105 cm³/mol. The van der Waals surface area contributed by atoms with E-state index >= 15 is 0 Å². The number of aryl methyl sites for hydroxylation is 1. The van der Waals surface area contributed by atoms with Crippen LogP contribution in [0, 0.1) is 6.92 Å². The van der Waals surface area contributed by atoms with Gasteiger partial charge < -0.3 is 9.64 Å². The Kier molecular flexibility index (Phi) is 5.28. The summed E-state index contributed by atoms with van der Waals surface area (Å²) in [5.74, 6) is 1.34. The van der Waals surface area contributed by atoms with Crippen LogP contribution in [0.25, 0.3) is 0 Å². The van der Waals surface area contributed by atoms with Crippen molar-refractivity contribution in [2.75, 3.05) is 13.1 Å². The number of carbonyl (C=O) groups excluding carboxylic acids is 1. The summed E-state index contributed by atoms with van der Waals surface area (Å²) in [6.07, 6.45) is 6.93. The molecular weight excluding hydrogens is 352 g/mol. The van der Waals surface area contributed by atoms with Crippen LogP contribution in [-0.4, -0.2) is 38.8 Å². The Morgan fingerprint density at radius 3 is 2.82 bits per heavy atom.